The van der Waals surface area contributed by atoms with Crippen LogP contribution in [0, 0.1) is 0 Å². The second kappa shape index (κ2) is 16.3. The third kappa shape index (κ3) is 9.59. The monoisotopic (exact) mass is 536 g/mol. The molecule has 0 radical (unpaired) electrons. The van der Waals surface area contributed by atoms with Gasteiger partial charge in [0.25, 0.3) is 0 Å². The number of ether oxygens (including phenoxy) is 3. The zero-order valence-electron chi connectivity index (χ0n) is 19.7. The Morgan fingerprint density at radius 2 is 1.63 bits per heavy atom. The van der Waals surface area contributed by atoms with Crippen molar-refractivity contribution < 1.29 is 14.2 Å². The van der Waals surface area contributed by atoms with Crippen molar-refractivity contribution >= 4 is 29.9 Å². The Morgan fingerprint density at radius 3 is 2.10 bits per heavy atom. The summed E-state index contributed by atoms with van der Waals surface area (Å²) in [6.07, 6.45) is 2.27. The standard InChI is InChI=1S/C22H40N4O3.HI/c1-8-23-22(25-17(4)12-11-13-26(9-2)10-3)24-16-18-14-19(27-5)21(29-7)20(15-18)28-6;/h14-15,17H,8-13,16H2,1-7H3,(H2,23,24,25);1H. The van der Waals surface area contributed by atoms with Gasteiger partial charge in [0.05, 0.1) is 27.9 Å². The van der Waals surface area contributed by atoms with Gasteiger partial charge in [-0.05, 0) is 64.0 Å². The molecule has 0 saturated heterocycles. The van der Waals surface area contributed by atoms with Crippen LogP contribution in [0.4, 0.5) is 0 Å². The average Bonchev–Trinajstić information content (AvgIpc) is 2.74. The molecule has 1 aromatic carbocycles. The summed E-state index contributed by atoms with van der Waals surface area (Å²) in [5, 5.41) is 6.84. The predicted molar refractivity (Wildman–Crippen MR) is 136 cm³/mol. The van der Waals surface area contributed by atoms with Crippen molar-refractivity contribution in [3.05, 3.63) is 17.7 Å². The maximum absolute atomic E-state index is 5.43. The molecular formula is C22H41IN4O3. The zero-order chi connectivity index (χ0) is 21.6. The highest BCUT2D eigenvalue weighted by Crippen LogP contribution is 2.38. The van der Waals surface area contributed by atoms with E-state index in [2.05, 4.69) is 43.2 Å². The van der Waals surface area contributed by atoms with Gasteiger partial charge >= 0.3 is 0 Å². The lowest BCUT2D eigenvalue weighted by Crippen LogP contribution is -2.42. The molecule has 0 spiro atoms. The summed E-state index contributed by atoms with van der Waals surface area (Å²) < 4.78 is 16.2. The van der Waals surface area contributed by atoms with Crippen molar-refractivity contribution in [2.75, 3.05) is 47.5 Å². The van der Waals surface area contributed by atoms with Gasteiger partial charge < -0.3 is 29.7 Å². The van der Waals surface area contributed by atoms with Crippen LogP contribution in [0.1, 0.15) is 46.1 Å². The number of hydrogen-bond acceptors (Lipinski definition) is 5. The molecule has 0 saturated carbocycles. The molecule has 7 nitrogen and oxygen atoms in total. The van der Waals surface area contributed by atoms with Crippen LogP contribution in [-0.4, -0.2) is 64.4 Å². The molecule has 0 aliphatic carbocycles. The van der Waals surface area contributed by atoms with Gasteiger partial charge in [-0.2, -0.15) is 0 Å². The van der Waals surface area contributed by atoms with Gasteiger partial charge in [0.1, 0.15) is 0 Å². The topological polar surface area (TPSA) is 67.4 Å². The number of guanidine groups is 1. The molecule has 1 unspecified atom stereocenters. The Morgan fingerprint density at radius 1 is 1.03 bits per heavy atom. The molecule has 0 fully saturated rings. The number of methoxy groups -OCH3 is 3. The van der Waals surface area contributed by atoms with Crippen molar-refractivity contribution in [2.24, 2.45) is 4.99 Å². The molecule has 0 aliphatic heterocycles. The number of nitrogens with zero attached hydrogens (tertiary/aromatic N) is 2. The van der Waals surface area contributed by atoms with E-state index in [1.165, 1.54) is 6.42 Å². The average molecular weight is 536 g/mol. The Labute approximate surface area is 200 Å². The van der Waals surface area contributed by atoms with E-state index in [1.54, 1.807) is 21.3 Å². The number of halogens is 1. The maximum Gasteiger partial charge on any atom is 0.203 e. The minimum absolute atomic E-state index is 0. The molecule has 1 atom stereocenters. The van der Waals surface area contributed by atoms with Crippen molar-refractivity contribution in [3.8, 4) is 17.2 Å². The number of rotatable bonds is 13. The fraction of sp³-hybridized carbons (Fsp3) is 0.682. The van der Waals surface area contributed by atoms with E-state index in [0.29, 0.717) is 29.8 Å². The van der Waals surface area contributed by atoms with Gasteiger partial charge in [0.15, 0.2) is 17.5 Å². The molecular weight excluding hydrogens is 495 g/mol. The number of aliphatic imine (C=N–C) groups is 1. The Kier molecular flexibility index (Phi) is 15.5. The number of nitrogens with one attached hydrogen (secondary N) is 2. The molecule has 0 aromatic heterocycles. The van der Waals surface area contributed by atoms with Crippen LogP contribution in [0.25, 0.3) is 0 Å². The SMILES string of the molecule is CCNC(=NCc1cc(OC)c(OC)c(OC)c1)NC(C)CCCN(CC)CC.I. The molecule has 0 amide bonds. The summed E-state index contributed by atoms with van der Waals surface area (Å²) in [6.45, 7) is 13.4. The summed E-state index contributed by atoms with van der Waals surface area (Å²) >= 11 is 0. The second-order valence-electron chi connectivity index (χ2n) is 6.94. The van der Waals surface area contributed by atoms with Gasteiger partial charge in [-0.3, -0.25) is 0 Å². The molecule has 2 N–H and O–H groups in total. The fourth-order valence-corrected chi connectivity index (χ4v) is 3.18. The summed E-state index contributed by atoms with van der Waals surface area (Å²) in [5.74, 6) is 2.69. The minimum Gasteiger partial charge on any atom is -0.493 e. The van der Waals surface area contributed by atoms with E-state index < -0.39 is 0 Å². The summed E-state index contributed by atoms with van der Waals surface area (Å²) in [5.41, 5.74) is 0.992. The van der Waals surface area contributed by atoms with E-state index in [9.17, 15) is 0 Å². The van der Waals surface area contributed by atoms with Crippen LogP contribution in [0.2, 0.25) is 0 Å². The first-order valence-corrected chi connectivity index (χ1v) is 10.6. The van der Waals surface area contributed by atoms with Crippen molar-refractivity contribution in [1.82, 2.24) is 15.5 Å². The van der Waals surface area contributed by atoms with Crippen LogP contribution in [0.15, 0.2) is 17.1 Å². The van der Waals surface area contributed by atoms with Crippen molar-refractivity contribution in [2.45, 2.75) is 53.1 Å². The fourth-order valence-electron chi connectivity index (χ4n) is 3.18. The molecule has 174 valence electrons. The van der Waals surface area contributed by atoms with Crippen LogP contribution in [-0.2, 0) is 6.54 Å². The van der Waals surface area contributed by atoms with Crippen LogP contribution < -0.4 is 24.8 Å². The quantitative estimate of drug-likeness (QED) is 0.227. The van der Waals surface area contributed by atoms with E-state index >= 15 is 0 Å². The minimum atomic E-state index is 0. The summed E-state index contributed by atoms with van der Waals surface area (Å²) in [7, 11) is 4.85. The van der Waals surface area contributed by atoms with Crippen LogP contribution in [0.5, 0.6) is 17.2 Å². The highest BCUT2D eigenvalue weighted by molar-refractivity contribution is 14.0. The lowest BCUT2D eigenvalue weighted by molar-refractivity contribution is 0.292. The lowest BCUT2D eigenvalue weighted by atomic mass is 10.1. The molecule has 30 heavy (non-hydrogen) atoms. The van der Waals surface area contributed by atoms with Gasteiger partial charge in [-0.1, -0.05) is 13.8 Å². The predicted octanol–water partition coefficient (Wildman–Crippen LogP) is 3.90. The van der Waals surface area contributed by atoms with Crippen molar-refractivity contribution in [1.29, 1.82) is 0 Å². The molecule has 8 heteroatoms. The molecule has 0 aliphatic rings. The van der Waals surface area contributed by atoms with E-state index in [-0.39, 0.29) is 24.0 Å². The summed E-state index contributed by atoms with van der Waals surface area (Å²) in [6, 6.07) is 4.22. The molecule has 0 bridgehead atoms. The third-order valence-electron chi connectivity index (χ3n) is 4.88. The number of hydrogen-bond donors (Lipinski definition) is 2. The van der Waals surface area contributed by atoms with Gasteiger partial charge in [-0.15, -0.1) is 24.0 Å². The Hall–Kier alpha value is -1.42. The first-order valence-electron chi connectivity index (χ1n) is 10.6. The summed E-state index contributed by atoms with van der Waals surface area (Å²) in [4.78, 5) is 7.19. The van der Waals surface area contributed by atoms with Crippen LogP contribution >= 0.6 is 24.0 Å². The zero-order valence-corrected chi connectivity index (χ0v) is 22.0. The number of benzene rings is 1. The first-order chi connectivity index (χ1) is 14.0. The smallest absolute Gasteiger partial charge is 0.203 e. The Balaban J connectivity index is 0.00000841. The highest BCUT2D eigenvalue weighted by atomic mass is 127. The first kappa shape index (κ1) is 28.6. The van der Waals surface area contributed by atoms with E-state index in [1.807, 2.05) is 12.1 Å². The normalized spacial score (nSPS) is 12.2. The van der Waals surface area contributed by atoms with Crippen LogP contribution in [0.3, 0.4) is 0 Å². The molecule has 0 heterocycles. The third-order valence-corrected chi connectivity index (χ3v) is 4.88. The lowest BCUT2D eigenvalue weighted by Gasteiger charge is -2.21. The van der Waals surface area contributed by atoms with Crippen molar-refractivity contribution in [3.63, 3.8) is 0 Å². The largest absolute Gasteiger partial charge is 0.493 e. The van der Waals surface area contributed by atoms with Gasteiger partial charge in [-0.25, -0.2) is 4.99 Å². The molecule has 1 aromatic rings. The van der Waals surface area contributed by atoms with Gasteiger partial charge in [0, 0.05) is 12.6 Å². The van der Waals surface area contributed by atoms with Gasteiger partial charge in [0.2, 0.25) is 5.75 Å². The maximum atomic E-state index is 5.43. The van der Waals surface area contributed by atoms with E-state index in [0.717, 1.165) is 44.1 Å². The Bertz CT molecular complexity index is 599. The second-order valence-corrected chi connectivity index (χ2v) is 6.94. The molecule has 1 rings (SSSR count). The van der Waals surface area contributed by atoms with E-state index in [4.69, 9.17) is 19.2 Å². The highest BCUT2D eigenvalue weighted by Gasteiger charge is 2.13.